The molecule has 0 saturated heterocycles. The summed E-state index contributed by atoms with van der Waals surface area (Å²) >= 11 is 0. The van der Waals surface area contributed by atoms with Gasteiger partial charge in [-0.1, -0.05) is 47.0 Å². The van der Waals surface area contributed by atoms with Gasteiger partial charge in [0.05, 0.1) is 0 Å². The van der Waals surface area contributed by atoms with Gasteiger partial charge in [-0.25, -0.2) is 0 Å². The van der Waals surface area contributed by atoms with Gasteiger partial charge >= 0.3 is 0 Å². The Labute approximate surface area is 109 Å². The number of hydrogen-bond acceptors (Lipinski definition) is 2. The van der Waals surface area contributed by atoms with E-state index in [9.17, 15) is 0 Å². The van der Waals surface area contributed by atoms with Gasteiger partial charge in [-0.2, -0.15) is 0 Å². The first-order valence-corrected chi connectivity index (χ1v) is 6.27. The zero-order valence-electron chi connectivity index (χ0n) is 11.5. The van der Waals surface area contributed by atoms with E-state index < -0.39 is 0 Å². The summed E-state index contributed by atoms with van der Waals surface area (Å²) in [6, 6.07) is 0. The third kappa shape index (κ3) is 15.5. The molecule has 0 amide bonds. The van der Waals surface area contributed by atoms with Gasteiger partial charge in [-0.05, 0) is 19.4 Å². The molecule has 0 aromatic rings. The minimum atomic E-state index is 0. The molecule has 102 valence electrons. The van der Waals surface area contributed by atoms with Gasteiger partial charge in [0, 0.05) is 25.6 Å². The lowest BCUT2D eigenvalue weighted by atomic mass is 10.2. The van der Waals surface area contributed by atoms with Crippen molar-refractivity contribution in [3.63, 3.8) is 0 Å². The fourth-order valence-corrected chi connectivity index (χ4v) is 1.52. The molecule has 0 spiro atoms. The molecule has 0 aromatic heterocycles. The molecule has 0 unspecified atom stereocenters. The lowest BCUT2D eigenvalue weighted by Gasteiger charge is -2.18. The van der Waals surface area contributed by atoms with E-state index in [0.717, 1.165) is 32.0 Å². The molecular weight excluding hydrogens is 210 g/mol. The first kappa shape index (κ1) is 18.8. The van der Waals surface area contributed by atoms with Gasteiger partial charge in [0.15, 0.2) is 0 Å². The van der Waals surface area contributed by atoms with Crippen LogP contribution < -0.4 is 0 Å². The standard InChI is InChI=1S/C14H27NO.CH4/c1-13(2)8-6-10-16-11-7-9-15(5)12-14(3)4;/h13-14H,7,9-12H2,1-5H3;1H4. The fourth-order valence-electron chi connectivity index (χ4n) is 1.52. The normalized spacial score (nSPS) is 10.4. The van der Waals surface area contributed by atoms with Gasteiger partial charge in [0.2, 0.25) is 0 Å². The van der Waals surface area contributed by atoms with Crippen LogP contribution in [-0.4, -0.2) is 38.3 Å². The summed E-state index contributed by atoms with van der Waals surface area (Å²) in [6.45, 7) is 12.3. The molecule has 2 heteroatoms. The summed E-state index contributed by atoms with van der Waals surface area (Å²) in [4.78, 5) is 2.35. The zero-order chi connectivity index (χ0) is 12.4. The van der Waals surface area contributed by atoms with Crippen LogP contribution in [0, 0.1) is 23.7 Å². The number of ether oxygens (including phenoxy) is 1. The summed E-state index contributed by atoms with van der Waals surface area (Å²) in [5.74, 6) is 7.29. The van der Waals surface area contributed by atoms with Crippen LogP contribution >= 0.6 is 0 Å². The second-order valence-corrected chi connectivity index (χ2v) is 5.04. The van der Waals surface area contributed by atoms with E-state index in [-0.39, 0.29) is 7.43 Å². The maximum absolute atomic E-state index is 5.44. The molecule has 0 bridgehead atoms. The van der Waals surface area contributed by atoms with E-state index in [1.807, 2.05) is 0 Å². The predicted octanol–water partition coefficient (Wildman–Crippen LogP) is 3.28. The number of hydrogen-bond donors (Lipinski definition) is 0. The highest BCUT2D eigenvalue weighted by Gasteiger charge is 2.00. The summed E-state index contributed by atoms with van der Waals surface area (Å²) in [7, 11) is 2.17. The van der Waals surface area contributed by atoms with Gasteiger partial charge in [-0.3, -0.25) is 0 Å². The second-order valence-electron chi connectivity index (χ2n) is 5.04. The molecule has 0 rings (SSSR count). The van der Waals surface area contributed by atoms with Crippen molar-refractivity contribution >= 4 is 0 Å². The number of rotatable bonds is 7. The summed E-state index contributed by atoms with van der Waals surface area (Å²) < 4.78 is 5.44. The molecule has 17 heavy (non-hydrogen) atoms. The van der Waals surface area contributed by atoms with Crippen LogP contribution in [0.3, 0.4) is 0 Å². The van der Waals surface area contributed by atoms with Crippen molar-refractivity contribution in [2.45, 2.75) is 41.5 Å². The predicted molar refractivity (Wildman–Crippen MR) is 77.1 cm³/mol. The molecule has 0 saturated carbocycles. The van der Waals surface area contributed by atoms with Gasteiger partial charge < -0.3 is 9.64 Å². The Kier molecular flexibility index (Phi) is 13.2. The van der Waals surface area contributed by atoms with E-state index in [1.54, 1.807) is 0 Å². The van der Waals surface area contributed by atoms with E-state index in [1.165, 1.54) is 0 Å². The number of nitrogens with zero attached hydrogens (tertiary/aromatic N) is 1. The maximum Gasteiger partial charge on any atom is 0.107 e. The largest absolute Gasteiger partial charge is 0.369 e. The van der Waals surface area contributed by atoms with Crippen molar-refractivity contribution in [2.24, 2.45) is 11.8 Å². The van der Waals surface area contributed by atoms with Crippen molar-refractivity contribution in [1.82, 2.24) is 4.90 Å². The lowest BCUT2D eigenvalue weighted by molar-refractivity contribution is 0.150. The lowest BCUT2D eigenvalue weighted by Crippen LogP contribution is -2.25. The molecule has 0 aliphatic carbocycles. The van der Waals surface area contributed by atoms with Crippen LogP contribution in [0.4, 0.5) is 0 Å². The second kappa shape index (κ2) is 12.0. The molecule has 0 aliphatic rings. The Morgan fingerprint density at radius 2 is 1.82 bits per heavy atom. The minimum absolute atomic E-state index is 0. The Morgan fingerprint density at radius 1 is 1.18 bits per heavy atom. The third-order valence-electron chi connectivity index (χ3n) is 2.07. The summed E-state index contributed by atoms with van der Waals surface area (Å²) in [5.41, 5.74) is 0. The van der Waals surface area contributed by atoms with Crippen LogP contribution in [0.2, 0.25) is 0 Å². The van der Waals surface area contributed by atoms with Crippen LogP contribution in [0.1, 0.15) is 41.5 Å². The Balaban J connectivity index is 0. The molecule has 0 fully saturated rings. The van der Waals surface area contributed by atoms with Crippen molar-refractivity contribution in [1.29, 1.82) is 0 Å². The van der Waals surface area contributed by atoms with E-state index >= 15 is 0 Å². The highest BCUT2D eigenvalue weighted by Crippen LogP contribution is 1.96. The van der Waals surface area contributed by atoms with Crippen molar-refractivity contribution < 1.29 is 4.74 Å². The third-order valence-corrected chi connectivity index (χ3v) is 2.07. The highest BCUT2D eigenvalue weighted by atomic mass is 16.5. The summed E-state index contributed by atoms with van der Waals surface area (Å²) in [5, 5.41) is 0. The van der Waals surface area contributed by atoms with Crippen LogP contribution in [0.15, 0.2) is 0 Å². The van der Waals surface area contributed by atoms with Crippen molar-refractivity contribution in [3.05, 3.63) is 0 Å². The average molecular weight is 241 g/mol. The average Bonchev–Trinajstić information content (AvgIpc) is 2.14. The van der Waals surface area contributed by atoms with Crippen LogP contribution in [0.25, 0.3) is 0 Å². The van der Waals surface area contributed by atoms with E-state index in [4.69, 9.17) is 4.74 Å². The van der Waals surface area contributed by atoms with Gasteiger partial charge in [-0.15, -0.1) is 0 Å². The molecule has 0 aliphatic heterocycles. The van der Waals surface area contributed by atoms with Crippen LogP contribution in [-0.2, 0) is 4.74 Å². The highest BCUT2D eigenvalue weighted by molar-refractivity contribution is 5.01. The van der Waals surface area contributed by atoms with Crippen molar-refractivity contribution in [3.8, 4) is 11.8 Å². The zero-order valence-corrected chi connectivity index (χ0v) is 11.5. The quantitative estimate of drug-likeness (QED) is 0.501. The molecular formula is C15H31NO. The fraction of sp³-hybridized carbons (Fsp3) is 0.867. The SMILES string of the molecule is C.CC(C)C#CCOCCCN(C)CC(C)C. The molecule has 0 N–H and O–H groups in total. The monoisotopic (exact) mass is 241 g/mol. The smallest absolute Gasteiger partial charge is 0.107 e. The topological polar surface area (TPSA) is 12.5 Å². The minimum Gasteiger partial charge on any atom is -0.369 e. The Morgan fingerprint density at radius 3 is 2.35 bits per heavy atom. The Hall–Kier alpha value is -0.520. The van der Waals surface area contributed by atoms with E-state index in [2.05, 4.69) is 51.5 Å². The first-order chi connectivity index (χ1) is 7.52. The molecule has 0 aromatic carbocycles. The van der Waals surface area contributed by atoms with Gasteiger partial charge in [0.1, 0.15) is 6.61 Å². The van der Waals surface area contributed by atoms with E-state index in [0.29, 0.717) is 12.5 Å². The molecule has 0 radical (unpaired) electrons. The Bertz CT molecular complexity index is 213. The van der Waals surface area contributed by atoms with Crippen molar-refractivity contribution in [2.75, 3.05) is 33.4 Å². The molecule has 0 atom stereocenters. The van der Waals surface area contributed by atoms with Crippen LogP contribution in [0.5, 0.6) is 0 Å². The van der Waals surface area contributed by atoms with Gasteiger partial charge in [0.25, 0.3) is 0 Å². The maximum atomic E-state index is 5.44. The molecule has 0 heterocycles. The summed E-state index contributed by atoms with van der Waals surface area (Å²) in [6.07, 6.45) is 1.09. The molecule has 2 nitrogen and oxygen atoms in total. The first-order valence-electron chi connectivity index (χ1n) is 6.27.